The third kappa shape index (κ3) is 2.45. The van der Waals surface area contributed by atoms with Gasteiger partial charge in [0.05, 0.1) is 12.7 Å². The number of ether oxygens (including phenoxy) is 2. The summed E-state index contributed by atoms with van der Waals surface area (Å²) in [5.41, 5.74) is 2.09. The van der Waals surface area contributed by atoms with Crippen molar-refractivity contribution in [1.82, 2.24) is 0 Å². The topological polar surface area (TPSA) is 38.7 Å². The zero-order valence-electron chi connectivity index (χ0n) is 10.6. The summed E-state index contributed by atoms with van der Waals surface area (Å²) in [4.78, 5) is 0. The first-order chi connectivity index (χ1) is 8.13. The SMILES string of the molecule is COC(C(C)C)C(O)c1ccc2c(c1)CCO2. The molecule has 0 aromatic heterocycles. The molecule has 1 aromatic rings. The summed E-state index contributed by atoms with van der Waals surface area (Å²) in [5.74, 6) is 1.22. The predicted molar refractivity (Wildman–Crippen MR) is 66.2 cm³/mol. The quantitative estimate of drug-likeness (QED) is 0.872. The Balaban J connectivity index is 2.21. The molecule has 0 aliphatic carbocycles. The summed E-state index contributed by atoms with van der Waals surface area (Å²) in [5, 5.41) is 10.3. The van der Waals surface area contributed by atoms with Gasteiger partial charge in [-0.05, 0) is 29.2 Å². The maximum atomic E-state index is 10.3. The molecule has 2 rings (SSSR count). The van der Waals surface area contributed by atoms with Crippen molar-refractivity contribution in [2.45, 2.75) is 32.5 Å². The van der Waals surface area contributed by atoms with Crippen molar-refractivity contribution in [3.05, 3.63) is 29.3 Å². The van der Waals surface area contributed by atoms with E-state index in [1.165, 1.54) is 5.56 Å². The number of methoxy groups -OCH3 is 1. The first-order valence-corrected chi connectivity index (χ1v) is 6.10. The van der Waals surface area contributed by atoms with Crippen LogP contribution in [-0.2, 0) is 11.2 Å². The lowest BCUT2D eigenvalue weighted by Gasteiger charge is -2.25. The fourth-order valence-corrected chi connectivity index (χ4v) is 2.35. The van der Waals surface area contributed by atoms with Gasteiger partial charge in [-0.3, -0.25) is 0 Å². The Morgan fingerprint density at radius 2 is 2.12 bits per heavy atom. The van der Waals surface area contributed by atoms with Crippen LogP contribution in [0.3, 0.4) is 0 Å². The van der Waals surface area contributed by atoms with Crippen LogP contribution in [0, 0.1) is 5.92 Å². The second-order valence-electron chi connectivity index (χ2n) is 4.85. The zero-order valence-corrected chi connectivity index (χ0v) is 10.6. The molecule has 0 fully saturated rings. The van der Waals surface area contributed by atoms with E-state index in [0.717, 1.165) is 24.3 Å². The van der Waals surface area contributed by atoms with E-state index in [2.05, 4.69) is 0 Å². The standard InChI is InChI=1S/C14H20O3/c1-9(2)14(16-3)13(15)11-4-5-12-10(8-11)6-7-17-12/h4-5,8-9,13-15H,6-7H2,1-3H3. The summed E-state index contributed by atoms with van der Waals surface area (Å²) in [6, 6.07) is 5.89. The molecule has 1 aliphatic rings. The van der Waals surface area contributed by atoms with Crippen molar-refractivity contribution >= 4 is 0 Å². The van der Waals surface area contributed by atoms with Crippen LogP contribution in [0.2, 0.25) is 0 Å². The third-order valence-corrected chi connectivity index (χ3v) is 3.30. The van der Waals surface area contributed by atoms with Gasteiger partial charge in [-0.1, -0.05) is 19.9 Å². The molecule has 2 unspecified atom stereocenters. The van der Waals surface area contributed by atoms with Crippen molar-refractivity contribution in [2.75, 3.05) is 13.7 Å². The molecule has 1 aliphatic heterocycles. The van der Waals surface area contributed by atoms with Crippen molar-refractivity contribution < 1.29 is 14.6 Å². The van der Waals surface area contributed by atoms with Crippen LogP contribution in [0.1, 0.15) is 31.1 Å². The van der Waals surface area contributed by atoms with Crippen LogP contribution in [0.15, 0.2) is 18.2 Å². The average Bonchev–Trinajstić information content (AvgIpc) is 2.75. The molecule has 2 atom stereocenters. The van der Waals surface area contributed by atoms with Crippen LogP contribution in [0.5, 0.6) is 5.75 Å². The molecule has 0 amide bonds. The number of hydrogen-bond acceptors (Lipinski definition) is 3. The Bertz CT molecular complexity index is 387. The van der Waals surface area contributed by atoms with Gasteiger partial charge in [0.2, 0.25) is 0 Å². The largest absolute Gasteiger partial charge is 0.493 e. The van der Waals surface area contributed by atoms with Gasteiger partial charge in [0.1, 0.15) is 11.9 Å². The maximum absolute atomic E-state index is 10.3. The van der Waals surface area contributed by atoms with Crippen molar-refractivity contribution in [3.8, 4) is 5.75 Å². The van der Waals surface area contributed by atoms with Gasteiger partial charge in [0.15, 0.2) is 0 Å². The number of aliphatic hydroxyl groups excluding tert-OH is 1. The highest BCUT2D eigenvalue weighted by atomic mass is 16.5. The van der Waals surface area contributed by atoms with Gasteiger partial charge in [0.25, 0.3) is 0 Å². The van der Waals surface area contributed by atoms with Crippen LogP contribution in [-0.4, -0.2) is 24.9 Å². The zero-order chi connectivity index (χ0) is 12.4. The van der Waals surface area contributed by atoms with Crippen LogP contribution in [0.4, 0.5) is 0 Å². The van der Waals surface area contributed by atoms with E-state index in [-0.39, 0.29) is 12.0 Å². The molecule has 0 saturated heterocycles. The van der Waals surface area contributed by atoms with Gasteiger partial charge in [-0.15, -0.1) is 0 Å². The molecule has 1 heterocycles. The van der Waals surface area contributed by atoms with Gasteiger partial charge < -0.3 is 14.6 Å². The molecule has 94 valence electrons. The van der Waals surface area contributed by atoms with E-state index >= 15 is 0 Å². The normalized spacial score (nSPS) is 17.7. The summed E-state index contributed by atoms with van der Waals surface area (Å²) >= 11 is 0. The number of fused-ring (bicyclic) bond motifs is 1. The second kappa shape index (κ2) is 5.07. The monoisotopic (exact) mass is 236 g/mol. The smallest absolute Gasteiger partial charge is 0.122 e. The summed E-state index contributed by atoms with van der Waals surface area (Å²) in [7, 11) is 1.64. The number of aliphatic hydroxyl groups is 1. The summed E-state index contributed by atoms with van der Waals surface area (Å²) in [6.45, 7) is 4.84. The molecule has 1 N–H and O–H groups in total. The average molecular weight is 236 g/mol. The van der Waals surface area contributed by atoms with Crippen LogP contribution < -0.4 is 4.74 Å². The Morgan fingerprint density at radius 1 is 1.35 bits per heavy atom. The number of benzene rings is 1. The van der Waals surface area contributed by atoms with E-state index in [9.17, 15) is 5.11 Å². The Kier molecular flexibility index (Phi) is 3.69. The predicted octanol–water partition coefficient (Wildman–Crippen LogP) is 2.33. The molecule has 0 radical (unpaired) electrons. The highest BCUT2D eigenvalue weighted by Gasteiger charge is 2.25. The van der Waals surface area contributed by atoms with Crippen molar-refractivity contribution in [1.29, 1.82) is 0 Å². The second-order valence-corrected chi connectivity index (χ2v) is 4.85. The van der Waals surface area contributed by atoms with Crippen molar-refractivity contribution in [3.63, 3.8) is 0 Å². The van der Waals surface area contributed by atoms with E-state index in [0.29, 0.717) is 0 Å². The van der Waals surface area contributed by atoms with Crippen molar-refractivity contribution in [2.24, 2.45) is 5.92 Å². The molecule has 0 spiro atoms. The van der Waals surface area contributed by atoms with Gasteiger partial charge in [0, 0.05) is 13.5 Å². The Hall–Kier alpha value is -1.06. The minimum atomic E-state index is -0.578. The third-order valence-electron chi connectivity index (χ3n) is 3.30. The highest BCUT2D eigenvalue weighted by Crippen LogP contribution is 2.31. The molecule has 0 saturated carbocycles. The van der Waals surface area contributed by atoms with E-state index < -0.39 is 6.10 Å². The van der Waals surface area contributed by atoms with Gasteiger partial charge >= 0.3 is 0 Å². The van der Waals surface area contributed by atoms with E-state index in [4.69, 9.17) is 9.47 Å². The maximum Gasteiger partial charge on any atom is 0.122 e. The molecule has 0 bridgehead atoms. The molecule has 1 aromatic carbocycles. The molecular weight excluding hydrogens is 216 g/mol. The lowest BCUT2D eigenvalue weighted by molar-refractivity contribution is -0.0391. The van der Waals surface area contributed by atoms with Crippen LogP contribution >= 0.6 is 0 Å². The van der Waals surface area contributed by atoms with Crippen LogP contribution in [0.25, 0.3) is 0 Å². The molecule has 17 heavy (non-hydrogen) atoms. The lowest BCUT2D eigenvalue weighted by atomic mass is 9.94. The van der Waals surface area contributed by atoms with E-state index in [1.807, 2.05) is 32.0 Å². The minimum Gasteiger partial charge on any atom is -0.493 e. The molecule has 3 heteroatoms. The Morgan fingerprint density at radius 3 is 2.76 bits per heavy atom. The van der Waals surface area contributed by atoms with E-state index in [1.54, 1.807) is 7.11 Å². The first kappa shape index (κ1) is 12.4. The Labute approximate surface area is 102 Å². The highest BCUT2D eigenvalue weighted by molar-refractivity contribution is 5.40. The summed E-state index contributed by atoms with van der Waals surface area (Å²) < 4.78 is 10.8. The first-order valence-electron chi connectivity index (χ1n) is 6.10. The minimum absolute atomic E-state index is 0.171. The summed E-state index contributed by atoms with van der Waals surface area (Å²) in [6.07, 6.45) is 0.177. The van der Waals surface area contributed by atoms with Gasteiger partial charge in [-0.2, -0.15) is 0 Å². The number of rotatable bonds is 4. The molecule has 3 nitrogen and oxygen atoms in total. The molecular formula is C14H20O3. The lowest BCUT2D eigenvalue weighted by Crippen LogP contribution is -2.26. The van der Waals surface area contributed by atoms with Gasteiger partial charge in [-0.25, -0.2) is 0 Å². The number of hydrogen-bond donors (Lipinski definition) is 1. The fraction of sp³-hybridized carbons (Fsp3) is 0.571. The fourth-order valence-electron chi connectivity index (χ4n) is 2.35.